The number of unbranched alkanes of at least 4 members (excludes halogenated alkanes) is 1. The number of carboxylic acid groups (broad SMARTS) is 6. The Bertz CT molecular complexity index is 846. The molecule has 0 aromatic rings. The van der Waals surface area contributed by atoms with Crippen LogP contribution in [0.3, 0.4) is 0 Å². The summed E-state index contributed by atoms with van der Waals surface area (Å²) < 4.78 is 0. The molecule has 0 aromatic carbocycles. The summed E-state index contributed by atoms with van der Waals surface area (Å²) in [6.07, 6.45) is 2.30. The van der Waals surface area contributed by atoms with Gasteiger partial charge in [0.25, 0.3) is 0 Å². The maximum Gasteiger partial charge on any atom is 0.332 e. The first-order valence-corrected chi connectivity index (χ1v) is 14.7. The van der Waals surface area contributed by atoms with Gasteiger partial charge in [0.05, 0.1) is 6.54 Å². The number of carboxylic acids is 6. The summed E-state index contributed by atoms with van der Waals surface area (Å²) in [5.74, 6) is -5.39. The molecule has 0 radical (unpaired) electrons. The van der Waals surface area contributed by atoms with Crippen molar-refractivity contribution in [2.24, 2.45) is 52.2 Å². The van der Waals surface area contributed by atoms with Crippen molar-refractivity contribution in [3.63, 3.8) is 0 Å². The van der Waals surface area contributed by atoms with Crippen LogP contribution in [0.5, 0.6) is 0 Å². The van der Waals surface area contributed by atoms with Crippen molar-refractivity contribution in [2.75, 3.05) is 13.1 Å². The summed E-state index contributed by atoms with van der Waals surface area (Å²) >= 11 is 0. The molecular weight excluding hydrogens is 628 g/mol. The molecule has 0 bridgehead atoms. The van der Waals surface area contributed by atoms with Gasteiger partial charge in [-0.25, -0.2) is 4.79 Å². The molecule has 0 aliphatic carbocycles. The summed E-state index contributed by atoms with van der Waals surface area (Å²) in [7, 11) is 0. The molecule has 6 atom stereocenters. The molecule has 0 heterocycles. The lowest BCUT2D eigenvalue weighted by Crippen LogP contribution is -2.36. The molecule has 0 saturated heterocycles. The van der Waals surface area contributed by atoms with Gasteiger partial charge in [0.15, 0.2) is 0 Å². The van der Waals surface area contributed by atoms with Gasteiger partial charge >= 0.3 is 35.8 Å². The third-order valence-electron chi connectivity index (χ3n) is 5.41. The van der Waals surface area contributed by atoms with Crippen LogP contribution in [0.4, 0.5) is 0 Å². The van der Waals surface area contributed by atoms with Crippen LogP contribution in [0.2, 0.25) is 0 Å². The van der Waals surface area contributed by atoms with E-state index >= 15 is 0 Å². The molecule has 0 saturated carbocycles. The molecule has 0 rings (SSSR count). The second-order valence-electron chi connectivity index (χ2n) is 10.8. The summed E-state index contributed by atoms with van der Waals surface area (Å²) in [5, 5.41) is 56.6. The van der Waals surface area contributed by atoms with Crippen molar-refractivity contribution in [1.29, 1.82) is 0 Å². The number of rotatable bonds is 15. The molecule has 19 N–H and O–H groups in total. The van der Waals surface area contributed by atoms with Crippen molar-refractivity contribution in [3.8, 4) is 0 Å². The van der Waals surface area contributed by atoms with Gasteiger partial charge in [0.1, 0.15) is 30.3 Å². The highest BCUT2D eigenvalue weighted by molar-refractivity contribution is 5.74. The van der Waals surface area contributed by atoms with Gasteiger partial charge in [-0.2, -0.15) is 0 Å². The zero-order chi connectivity index (χ0) is 39.0. The Balaban J connectivity index is -0.000000109. The second-order valence-corrected chi connectivity index (χ2v) is 10.8. The molecule has 0 spiro atoms. The van der Waals surface area contributed by atoms with E-state index in [0.717, 1.165) is 19.3 Å². The number of aliphatic carboxylic acids is 6. The number of hydrogen-bond donors (Lipinski definition) is 13. The van der Waals surface area contributed by atoms with Crippen molar-refractivity contribution in [2.45, 2.75) is 111 Å². The maximum absolute atomic E-state index is 10.2. The minimum Gasteiger partial charge on any atom is -0.480 e. The SMILES string of the molecule is CC(C)C[C@H](N)C(=O)O.CC(C)[C@H](N)C(=O)O.CC(O)C(=O)O.CC[C@H](C)[C@H](N)C(=O)O.NCC(=O)O.NCCCC[C@H](N)C(=O)O. The highest BCUT2D eigenvalue weighted by Crippen LogP contribution is 2.04. The molecule has 19 nitrogen and oxygen atoms in total. The van der Waals surface area contributed by atoms with Gasteiger partial charge in [-0.15, -0.1) is 0 Å². The third kappa shape index (κ3) is 49.6. The zero-order valence-electron chi connectivity index (χ0n) is 28.6. The van der Waals surface area contributed by atoms with Crippen LogP contribution >= 0.6 is 0 Å². The van der Waals surface area contributed by atoms with E-state index in [0.29, 0.717) is 25.3 Å². The van der Waals surface area contributed by atoms with Gasteiger partial charge in [0, 0.05) is 0 Å². The molecule has 19 heteroatoms. The molecule has 282 valence electrons. The Hall–Kier alpha value is -3.46. The average molecular weight is 691 g/mol. The van der Waals surface area contributed by atoms with E-state index in [2.05, 4.69) is 5.73 Å². The topological polar surface area (TPSA) is 400 Å². The van der Waals surface area contributed by atoms with E-state index in [9.17, 15) is 28.8 Å². The van der Waals surface area contributed by atoms with Crippen LogP contribution in [0.1, 0.15) is 80.6 Å². The number of aliphatic hydroxyl groups is 1. The highest BCUT2D eigenvalue weighted by atomic mass is 16.4. The Morgan fingerprint density at radius 2 is 0.957 bits per heavy atom. The molecule has 47 heavy (non-hydrogen) atoms. The zero-order valence-corrected chi connectivity index (χ0v) is 28.6. The van der Waals surface area contributed by atoms with E-state index in [1.54, 1.807) is 13.8 Å². The number of carbonyl (C=O) groups is 6. The summed E-state index contributed by atoms with van der Waals surface area (Å²) in [6, 6.07) is -2.82. The lowest BCUT2D eigenvalue weighted by Gasteiger charge is -2.11. The molecule has 0 aliphatic rings. The number of aliphatic hydroxyl groups excluding tert-OH is 1. The van der Waals surface area contributed by atoms with Crippen LogP contribution in [0.25, 0.3) is 0 Å². The Labute approximate surface area is 276 Å². The third-order valence-corrected chi connectivity index (χ3v) is 5.41. The average Bonchev–Trinajstić information content (AvgIpc) is 2.96. The highest BCUT2D eigenvalue weighted by Gasteiger charge is 2.17. The van der Waals surface area contributed by atoms with Crippen molar-refractivity contribution in [3.05, 3.63) is 0 Å². The van der Waals surface area contributed by atoms with Crippen molar-refractivity contribution < 1.29 is 64.5 Å². The van der Waals surface area contributed by atoms with E-state index < -0.39 is 66.1 Å². The van der Waals surface area contributed by atoms with Crippen LogP contribution in [0.15, 0.2) is 0 Å². The minimum atomic E-state index is -1.23. The molecular formula is C28H62N6O13. The number of hydrogen-bond acceptors (Lipinski definition) is 13. The monoisotopic (exact) mass is 690 g/mol. The summed E-state index contributed by atoms with van der Waals surface area (Å²) in [5.41, 5.74) is 30.6. The lowest BCUT2D eigenvalue weighted by molar-refractivity contribution is -0.145. The van der Waals surface area contributed by atoms with Crippen LogP contribution < -0.4 is 34.4 Å². The predicted molar refractivity (Wildman–Crippen MR) is 175 cm³/mol. The van der Waals surface area contributed by atoms with E-state index in [1.165, 1.54) is 6.92 Å². The van der Waals surface area contributed by atoms with Crippen molar-refractivity contribution in [1.82, 2.24) is 0 Å². The van der Waals surface area contributed by atoms with Gasteiger partial charge in [-0.3, -0.25) is 24.0 Å². The molecule has 0 aliphatic heterocycles. The fraction of sp³-hybridized carbons (Fsp3) is 0.786. The van der Waals surface area contributed by atoms with E-state index in [-0.39, 0.29) is 18.4 Å². The quantitative estimate of drug-likeness (QED) is 0.0911. The minimum absolute atomic E-state index is 0.0208. The van der Waals surface area contributed by atoms with Crippen molar-refractivity contribution >= 4 is 35.8 Å². The number of nitrogens with two attached hydrogens (primary N) is 6. The molecule has 0 fully saturated rings. The standard InChI is InChI=1S/C6H14N2O2.2C6H13NO2.C5H11NO2.C3H6O3.C2H5NO2/c7-4-2-1-3-5(8)6(9)10;1-4(2)3-5(7)6(8)9;1-3-4(2)5(7)6(8)9;1-3(2)4(6)5(7)8;1-2(4)3(5)6;3-1-2(4)5/h5H,1-4,7-8H2,(H,9,10);2*4-5H,3,7H2,1-2H3,(H,8,9);3-4H,6H2,1-2H3,(H,7,8);2,4H,1H3,(H,5,6);1,3H2,(H,4,5)/t2*5-;4-,5-;4-;;/m0000../s1. The molecule has 0 aromatic heterocycles. The van der Waals surface area contributed by atoms with E-state index in [4.69, 9.17) is 64.4 Å². The van der Waals surface area contributed by atoms with Gasteiger partial charge in [-0.1, -0.05) is 54.4 Å². The van der Waals surface area contributed by atoms with Gasteiger partial charge < -0.3 is 70.1 Å². The lowest BCUT2D eigenvalue weighted by atomic mass is 10.0. The first-order valence-electron chi connectivity index (χ1n) is 14.7. The summed E-state index contributed by atoms with van der Waals surface area (Å²) in [4.78, 5) is 59.1. The second kappa shape index (κ2) is 35.4. The molecule has 1 unspecified atom stereocenters. The Morgan fingerprint density at radius 1 is 0.596 bits per heavy atom. The normalized spacial score (nSPS) is 13.5. The van der Waals surface area contributed by atoms with Crippen LogP contribution in [0, 0.1) is 17.8 Å². The largest absolute Gasteiger partial charge is 0.480 e. The first kappa shape index (κ1) is 55.9. The fourth-order valence-electron chi connectivity index (χ4n) is 2.02. The molecule has 0 amide bonds. The van der Waals surface area contributed by atoms with Gasteiger partial charge in [0.2, 0.25) is 0 Å². The maximum atomic E-state index is 10.2. The van der Waals surface area contributed by atoms with Crippen LogP contribution in [-0.2, 0) is 28.8 Å². The predicted octanol–water partition coefficient (Wildman–Crippen LogP) is -1.05. The first-order chi connectivity index (χ1) is 21.3. The van der Waals surface area contributed by atoms with Gasteiger partial charge in [-0.05, 0) is 50.5 Å². The Kier molecular flexibility index (Phi) is 42.1. The van der Waals surface area contributed by atoms with E-state index in [1.807, 2.05) is 27.7 Å². The Morgan fingerprint density at radius 3 is 1.09 bits per heavy atom. The fourth-order valence-corrected chi connectivity index (χ4v) is 2.02. The smallest absolute Gasteiger partial charge is 0.332 e. The van der Waals surface area contributed by atoms with Crippen LogP contribution in [-0.4, -0.2) is 115 Å². The summed E-state index contributed by atoms with van der Waals surface area (Å²) in [6.45, 7) is 12.7.